The second kappa shape index (κ2) is 39.6. The van der Waals surface area contributed by atoms with Crippen molar-refractivity contribution in [3.05, 3.63) is 24.3 Å². The number of aliphatic hydroxyl groups excluding tert-OH is 3. The summed E-state index contributed by atoms with van der Waals surface area (Å²) in [4.78, 5) is 12.4. The molecule has 0 saturated carbocycles. The average molecular weight is 692 g/mol. The molecule has 0 aliphatic heterocycles. The van der Waals surface area contributed by atoms with Crippen LogP contribution in [0.4, 0.5) is 0 Å². The minimum atomic E-state index is -0.946. The second-order valence-corrected chi connectivity index (χ2v) is 15.0. The third kappa shape index (κ3) is 36.4. The molecule has 4 N–H and O–H groups in total. The number of hydrogen-bond donors (Lipinski definition) is 4. The third-order valence-corrected chi connectivity index (χ3v) is 9.99. The second-order valence-electron chi connectivity index (χ2n) is 15.0. The topological polar surface area (TPSA) is 89.8 Å². The van der Waals surface area contributed by atoms with Gasteiger partial charge in [-0.15, -0.1) is 0 Å². The fraction of sp³-hybridized carbons (Fsp3) is 0.886. The van der Waals surface area contributed by atoms with Crippen molar-refractivity contribution in [2.24, 2.45) is 0 Å². The molecule has 3 unspecified atom stereocenters. The van der Waals surface area contributed by atoms with Crippen LogP contribution in [0.5, 0.6) is 0 Å². The van der Waals surface area contributed by atoms with Crippen molar-refractivity contribution >= 4 is 5.91 Å². The maximum absolute atomic E-state index is 12.4. The lowest BCUT2D eigenvalue weighted by Crippen LogP contribution is -2.45. The summed E-state index contributed by atoms with van der Waals surface area (Å²) in [5.74, 6) is -0.325. The summed E-state index contributed by atoms with van der Waals surface area (Å²) < 4.78 is 0. The maximum Gasteiger partial charge on any atom is 0.222 e. The summed E-state index contributed by atoms with van der Waals surface area (Å²) in [6, 6.07) is -0.755. The number of aliphatic hydroxyl groups is 3. The Morgan fingerprint density at radius 1 is 0.510 bits per heavy atom. The molecular formula is C44H85NO4. The van der Waals surface area contributed by atoms with E-state index in [4.69, 9.17) is 0 Å². The van der Waals surface area contributed by atoms with Gasteiger partial charge in [0.1, 0.15) is 0 Å². The monoisotopic (exact) mass is 692 g/mol. The summed E-state index contributed by atoms with van der Waals surface area (Å²) in [5.41, 5.74) is 0. The van der Waals surface area contributed by atoms with E-state index in [1.807, 2.05) is 6.08 Å². The Balaban J connectivity index is 3.56. The van der Waals surface area contributed by atoms with Crippen LogP contribution in [0, 0.1) is 0 Å². The SMILES string of the molecule is CCCCCC/C=C/CC/C=C/C(O)C(CO)NC(=O)CC(O)CCCCCCCCCCCCCCCCCCCCCCCCCC. The van der Waals surface area contributed by atoms with Crippen molar-refractivity contribution < 1.29 is 20.1 Å². The third-order valence-electron chi connectivity index (χ3n) is 9.99. The first-order valence-electron chi connectivity index (χ1n) is 21.6. The molecule has 0 saturated heterocycles. The fourth-order valence-corrected chi connectivity index (χ4v) is 6.65. The minimum absolute atomic E-state index is 0.00927. The van der Waals surface area contributed by atoms with Crippen LogP contribution in [-0.2, 0) is 4.79 Å². The highest BCUT2D eigenvalue weighted by Gasteiger charge is 2.20. The highest BCUT2D eigenvalue weighted by Crippen LogP contribution is 2.16. The lowest BCUT2D eigenvalue weighted by molar-refractivity contribution is -0.124. The predicted octanol–water partition coefficient (Wildman–Crippen LogP) is 12.2. The molecule has 0 aliphatic rings. The molecule has 0 aliphatic carbocycles. The normalized spacial score (nSPS) is 13.8. The van der Waals surface area contributed by atoms with Crippen molar-refractivity contribution in [3.8, 4) is 0 Å². The number of carbonyl (C=O) groups excluding carboxylic acids is 1. The fourth-order valence-electron chi connectivity index (χ4n) is 6.65. The average Bonchev–Trinajstić information content (AvgIpc) is 3.09. The molecule has 0 heterocycles. The van der Waals surface area contributed by atoms with E-state index in [9.17, 15) is 20.1 Å². The largest absolute Gasteiger partial charge is 0.394 e. The summed E-state index contributed by atoms with van der Waals surface area (Å²) >= 11 is 0. The first kappa shape index (κ1) is 47.8. The van der Waals surface area contributed by atoms with Gasteiger partial charge in [-0.1, -0.05) is 212 Å². The Morgan fingerprint density at radius 2 is 0.878 bits per heavy atom. The van der Waals surface area contributed by atoms with Gasteiger partial charge in [0.25, 0.3) is 0 Å². The number of carbonyl (C=O) groups is 1. The molecule has 0 radical (unpaired) electrons. The summed E-state index contributed by atoms with van der Waals surface area (Å²) in [7, 11) is 0. The van der Waals surface area contributed by atoms with E-state index in [1.54, 1.807) is 6.08 Å². The molecular weight excluding hydrogens is 606 g/mol. The Hall–Kier alpha value is -1.17. The van der Waals surface area contributed by atoms with E-state index >= 15 is 0 Å². The van der Waals surface area contributed by atoms with E-state index in [1.165, 1.54) is 167 Å². The van der Waals surface area contributed by atoms with Gasteiger partial charge in [-0.2, -0.15) is 0 Å². The van der Waals surface area contributed by atoms with Crippen molar-refractivity contribution in [2.75, 3.05) is 6.61 Å². The molecule has 0 rings (SSSR count). The standard InChI is InChI=1S/C44H85NO4/c1-3-5-7-9-11-13-15-16-17-18-19-20-21-22-23-24-25-26-27-28-29-31-33-35-37-41(47)39-44(49)45-42(40-46)43(48)38-36-34-32-30-14-12-10-8-6-4-2/h14,30,36,38,41-43,46-48H,3-13,15-29,31-35,37,39-40H2,1-2H3,(H,45,49)/b30-14+,38-36+. The van der Waals surface area contributed by atoms with Crippen LogP contribution < -0.4 is 5.32 Å². The highest BCUT2D eigenvalue weighted by molar-refractivity contribution is 5.76. The minimum Gasteiger partial charge on any atom is -0.394 e. The van der Waals surface area contributed by atoms with E-state index in [-0.39, 0.29) is 18.9 Å². The highest BCUT2D eigenvalue weighted by atomic mass is 16.3. The van der Waals surface area contributed by atoms with E-state index < -0.39 is 18.2 Å². The zero-order valence-corrected chi connectivity index (χ0v) is 32.8. The Labute approximate surface area is 305 Å². The Bertz CT molecular complexity index is 724. The van der Waals surface area contributed by atoms with Gasteiger partial charge >= 0.3 is 0 Å². The molecule has 290 valence electrons. The first-order valence-corrected chi connectivity index (χ1v) is 21.6. The number of rotatable bonds is 39. The van der Waals surface area contributed by atoms with Crippen LogP contribution in [0.25, 0.3) is 0 Å². The van der Waals surface area contributed by atoms with Crippen molar-refractivity contribution in [2.45, 2.75) is 244 Å². The van der Waals surface area contributed by atoms with Gasteiger partial charge in [0.2, 0.25) is 5.91 Å². The van der Waals surface area contributed by atoms with Gasteiger partial charge in [-0.25, -0.2) is 0 Å². The van der Waals surface area contributed by atoms with Gasteiger partial charge in [-0.3, -0.25) is 4.79 Å². The number of unbranched alkanes of at least 4 members (excludes halogenated alkanes) is 28. The van der Waals surface area contributed by atoms with Crippen molar-refractivity contribution in [1.82, 2.24) is 5.32 Å². The molecule has 0 fully saturated rings. The lowest BCUT2D eigenvalue weighted by Gasteiger charge is -2.21. The van der Waals surface area contributed by atoms with Gasteiger partial charge in [0.05, 0.1) is 31.3 Å². The molecule has 3 atom stereocenters. The molecule has 5 heteroatoms. The molecule has 0 bridgehead atoms. The predicted molar refractivity (Wildman–Crippen MR) is 213 cm³/mol. The van der Waals surface area contributed by atoms with Gasteiger partial charge in [0.15, 0.2) is 0 Å². The number of allylic oxidation sites excluding steroid dienone is 3. The van der Waals surface area contributed by atoms with E-state index in [0.29, 0.717) is 6.42 Å². The molecule has 5 nitrogen and oxygen atoms in total. The summed E-state index contributed by atoms with van der Waals surface area (Å²) in [5, 5.41) is 33.0. The van der Waals surface area contributed by atoms with Crippen molar-refractivity contribution in [3.63, 3.8) is 0 Å². The van der Waals surface area contributed by atoms with Gasteiger partial charge in [0, 0.05) is 0 Å². The summed E-state index contributed by atoms with van der Waals surface area (Å²) in [6.45, 7) is 4.17. The van der Waals surface area contributed by atoms with E-state index in [0.717, 1.165) is 32.1 Å². The van der Waals surface area contributed by atoms with Crippen LogP contribution in [0.15, 0.2) is 24.3 Å². The molecule has 1 amide bonds. The Morgan fingerprint density at radius 3 is 1.31 bits per heavy atom. The maximum atomic E-state index is 12.4. The van der Waals surface area contributed by atoms with Gasteiger partial charge < -0.3 is 20.6 Å². The number of nitrogens with one attached hydrogen (secondary N) is 1. The van der Waals surface area contributed by atoms with Crippen molar-refractivity contribution in [1.29, 1.82) is 0 Å². The van der Waals surface area contributed by atoms with E-state index in [2.05, 4.69) is 31.3 Å². The quantitative estimate of drug-likeness (QED) is 0.0381. The van der Waals surface area contributed by atoms with Crippen LogP contribution in [0.3, 0.4) is 0 Å². The molecule has 0 aromatic carbocycles. The molecule has 0 aromatic rings. The van der Waals surface area contributed by atoms with Gasteiger partial charge in [-0.05, 0) is 32.1 Å². The lowest BCUT2D eigenvalue weighted by atomic mass is 10.0. The van der Waals surface area contributed by atoms with Crippen LogP contribution in [-0.4, -0.2) is 46.1 Å². The molecule has 49 heavy (non-hydrogen) atoms. The zero-order valence-electron chi connectivity index (χ0n) is 32.8. The van der Waals surface area contributed by atoms with Crippen LogP contribution in [0.2, 0.25) is 0 Å². The first-order chi connectivity index (χ1) is 24.0. The summed E-state index contributed by atoms with van der Waals surface area (Å²) in [6.07, 6.45) is 47.7. The van der Waals surface area contributed by atoms with Crippen LogP contribution >= 0.6 is 0 Å². The number of amides is 1. The number of hydrogen-bond acceptors (Lipinski definition) is 4. The Kier molecular flexibility index (Phi) is 38.7. The zero-order chi connectivity index (χ0) is 35.9. The van der Waals surface area contributed by atoms with Crippen LogP contribution in [0.1, 0.15) is 226 Å². The smallest absolute Gasteiger partial charge is 0.222 e. The molecule has 0 aromatic heterocycles. The molecule has 0 spiro atoms.